The highest BCUT2D eigenvalue weighted by Gasteiger charge is 2.67. The molecule has 0 aromatic carbocycles. The van der Waals surface area contributed by atoms with Gasteiger partial charge in [0, 0.05) is 13.2 Å². The van der Waals surface area contributed by atoms with Crippen LogP contribution in [0.4, 0.5) is 0 Å². The van der Waals surface area contributed by atoms with E-state index in [1.807, 2.05) is 12.2 Å². The van der Waals surface area contributed by atoms with Crippen molar-refractivity contribution in [3.63, 3.8) is 0 Å². The number of hydrogen-bond donors (Lipinski definition) is 0. The van der Waals surface area contributed by atoms with Crippen LogP contribution in [0, 0.1) is 11.8 Å². The van der Waals surface area contributed by atoms with Crippen molar-refractivity contribution < 1.29 is 23.8 Å². The molecule has 4 rings (SSSR count). The third-order valence-electron chi connectivity index (χ3n) is 5.19. The highest BCUT2D eigenvalue weighted by molar-refractivity contribution is 5.91. The van der Waals surface area contributed by atoms with E-state index in [9.17, 15) is 9.59 Å². The molecule has 22 heavy (non-hydrogen) atoms. The quantitative estimate of drug-likeness (QED) is 0.559. The summed E-state index contributed by atoms with van der Waals surface area (Å²) in [6.07, 6.45) is 5.69. The molecule has 1 spiro atoms. The van der Waals surface area contributed by atoms with Gasteiger partial charge in [0.15, 0.2) is 0 Å². The molecule has 0 aromatic rings. The average Bonchev–Trinajstić information content (AvgIpc) is 3.23. The van der Waals surface area contributed by atoms with Crippen LogP contribution in [0.25, 0.3) is 0 Å². The van der Waals surface area contributed by atoms with Crippen LogP contribution in [0.5, 0.6) is 0 Å². The summed E-state index contributed by atoms with van der Waals surface area (Å²) in [5, 5.41) is 0. The fraction of sp³-hybridized carbons (Fsp3) is 0.750. The number of esters is 1. The van der Waals surface area contributed by atoms with Gasteiger partial charge in [-0.15, -0.1) is 0 Å². The Bertz CT molecular complexity index is 527. The zero-order valence-corrected chi connectivity index (χ0v) is 12.7. The molecule has 4 heterocycles. The first-order chi connectivity index (χ1) is 10.6. The minimum Gasteiger partial charge on any atom is -0.466 e. The lowest BCUT2D eigenvalue weighted by Gasteiger charge is -2.23. The van der Waals surface area contributed by atoms with Gasteiger partial charge in [-0.3, -0.25) is 9.59 Å². The van der Waals surface area contributed by atoms with Crippen LogP contribution in [-0.2, 0) is 23.8 Å². The van der Waals surface area contributed by atoms with E-state index in [0.717, 1.165) is 19.4 Å². The molecule has 0 aromatic heterocycles. The summed E-state index contributed by atoms with van der Waals surface area (Å²) in [5.74, 6) is -1.27. The maximum atomic E-state index is 12.8. The Morgan fingerprint density at radius 1 is 1.55 bits per heavy atom. The molecule has 2 unspecified atom stereocenters. The molecule has 0 saturated carbocycles. The monoisotopic (exact) mass is 307 g/mol. The Balaban J connectivity index is 1.55. The van der Waals surface area contributed by atoms with Gasteiger partial charge >= 0.3 is 5.97 Å². The van der Waals surface area contributed by atoms with Gasteiger partial charge in [-0.1, -0.05) is 12.2 Å². The summed E-state index contributed by atoms with van der Waals surface area (Å²) in [6.45, 7) is 3.97. The first kappa shape index (κ1) is 14.2. The molecular weight excluding hydrogens is 286 g/mol. The van der Waals surface area contributed by atoms with Crippen molar-refractivity contribution in [2.45, 2.75) is 37.6 Å². The largest absolute Gasteiger partial charge is 0.466 e. The summed E-state index contributed by atoms with van der Waals surface area (Å²) >= 11 is 0. The predicted octanol–water partition coefficient (Wildman–Crippen LogP) is 0.511. The number of carbonyl (C=O) groups is 2. The Morgan fingerprint density at radius 2 is 2.41 bits per heavy atom. The smallest absolute Gasteiger partial charge is 0.312 e. The van der Waals surface area contributed by atoms with Crippen molar-refractivity contribution in [2.24, 2.45) is 11.8 Å². The number of nitrogens with zero attached hydrogens (tertiary/aromatic N) is 1. The van der Waals surface area contributed by atoms with Crippen LogP contribution in [-0.4, -0.2) is 60.9 Å². The Kier molecular flexibility index (Phi) is 3.27. The van der Waals surface area contributed by atoms with E-state index in [0.29, 0.717) is 19.7 Å². The van der Waals surface area contributed by atoms with E-state index in [-0.39, 0.29) is 24.1 Å². The molecule has 0 radical (unpaired) electrons. The number of rotatable bonds is 4. The number of likely N-dealkylation sites (tertiary alicyclic amines) is 1. The van der Waals surface area contributed by atoms with E-state index in [4.69, 9.17) is 14.2 Å². The molecule has 0 N–H and O–H groups in total. The van der Waals surface area contributed by atoms with E-state index in [1.54, 1.807) is 11.8 Å². The topological polar surface area (TPSA) is 65.1 Å². The Morgan fingerprint density at radius 3 is 3.14 bits per heavy atom. The van der Waals surface area contributed by atoms with Gasteiger partial charge in [-0.05, 0) is 19.8 Å². The normalized spacial score (nSPS) is 42.2. The molecule has 4 aliphatic rings. The lowest BCUT2D eigenvalue weighted by Crippen LogP contribution is -2.40. The van der Waals surface area contributed by atoms with E-state index >= 15 is 0 Å². The maximum Gasteiger partial charge on any atom is 0.312 e. The van der Waals surface area contributed by atoms with Crippen LogP contribution in [0.15, 0.2) is 12.2 Å². The fourth-order valence-electron chi connectivity index (χ4n) is 4.27. The molecule has 4 aliphatic heterocycles. The van der Waals surface area contributed by atoms with Gasteiger partial charge < -0.3 is 19.1 Å². The number of amides is 1. The zero-order valence-electron chi connectivity index (χ0n) is 12.7. The second-order valence-electron chi connectivity index (χ2n) is 6.51. The maximum absolute atomic E-state index is 12.8. The third-order valence-corrected chi connectivity index (χ3v) is 5.19. The van der Waals surface area contributed by atoms with Crippen molar-refractivity contribution in [1.82, 2.24) is 4.90 Å². The SMILES string of the molecule is CCOC(=O)C1[C@H]2C(=O)N(CC3CCCO3)C[C@]23C=C[C@H]1O3. The van der Waals surface area contributed by atoms with Crippen molar-refractivity contribution in [1.29, 1.82) is 0 Å². The van der Waals surface area contributed by atoms with Crippen LogP contribution in [0.3, 0.4) is 0 Å². The fourth-order valence-corrected chi connectivity index (χ4v) is 4.27. The van der Waals surface area contributed by atoms with Gasteiger partial charge in [-0.25, -0.2) is 0 Å². The molecule has 2 bridgehead atoms. The first-order valence-corrected chi connectivity index (χ1v) is 8.09. The number of carbonyl (C=O) groups excluding carboxylic acids is 2. The predicted molar refractivity (Wildman–Crippen MR) is 75.9 cm³/mol. The van der Waals surface area contributed by atoms with Gasteiger partial charge in [0.25, 0.3) is 0 Å². The zero-order chi connectivity index (χ0) is 15.3. The van der Waals surface area contributed by atoms with Crippen molar-refractivity contribution >= 4 is 11.9 Å². The lowest BCUT2D eigenvalue weighted by atomic mass is 9.77. The molecule has 1 amide bonds. The number of ether oxygens (including phenoxy) is 3. The highest BCUT2D eigenvalue weighted by atomic mass is 16.6. The van der Waals surface area contributed by atoms with Gasteiger partial charge in [-0.2, -0.15) is 0 Å². The van der Waals surface area contributed by atoms with Crippen LogP contribution >= 0.6 is 0 Å². The molecule has 6 heteroatoms. The molecule has 120 valence electrons. The first-order valence-electron chi connectivity index (χ1n) is 8.09. The Hall–Kier alpha value is -1.40. The third kappa shape index (κ3) is 1.93. The molecule has 0 aliphatic carbocycles. The summed E-state index contributed by atoms with van der Waals surface area (Å²) < 4.78 is 16.8. The summed E-state index contributed by atoms with van der Waals surface area (Å²) in [5.41, 5.74) is -0.641. The van der Waals surface area contributed by atoms with Crippen molar-refractivity contribution in [3.8, 4) is 0 Å². The molecule has 3 fully saturated rings. The lowest BCUT2D eigenvalue weighted by molar-refractivity contribution is -0.153. The van der Waals surface area contributed by atoms with Crippen LogP contribution in [0.1, 0.15) is 19.8 Å². The van der Waals surface area contributed by atoms with Crippen LogP contribution in [0.2, 0.25) is 0 Å². The minimum absolute atomic E-state index is 0.000373. The van der Waals surface area contributed by atoms with E-state index < -0.39 is 17.4 Å². The molecule has 3 saturated heterocycles. The van der Waals surface area contributed by atoms with Crippen molar-refractivity contribution in [2.75, 3.05) is 26.3 Å². The van der Waals surface area contributed by atoms with Gasteiger partial charge in [0.2, 0.25) is 5.91 Å². The van der Waals surface area contributed by atoms with Gasteiger partial charge in [0.05, 0.1) is 31.3 Å². The van der Waals surface area contributed by atoms with Gasteiger partial charge in [0.1, 0.15) is 11.5 Å². The van der Waals surface area contributed by atoms with E-state index in [2.05, 4.69) is 0 Å². The second-order valence-corrected chi connectivity index (χ2v) is 6.51. The van der Waals surface area contributed by atoms with Crippen LogP contribution < -0.4 is 0 Å². The van der Waals surface area contributed by atoms with Crippen molar-refractivity contribution in [3.05, 3.63) is 12.2 Å². The summed E-state index contributed by atoms with van der Waals surface area (Å²) in [7, 11) is 0. The summed E-state index contributed by atoms with van der Waals surface area (Å²) in [6, 6.07) is 0. The number of hydrogen-bond acceptors (Lipinski definition) is 5. The standard InChI is InChI=1S/C16H21NO5/c1-2-20-15(19)12-11-5-6-16(22-11)9-17(14(18)13(12)16)8-10-4-3-7-21-10/h5-6,10-13H,2-4,7-9H2,1H3/t10?,11-,12?,13+,16-/m1/s1. The molecular formula is C16H21NO5. The highest BCUT2D eigenvalue weighted by Crippen LogP contribution is 2.52. The number of fused-ring (bicyclic) bond motifs is 1. The molecule has 6 nitrogen and oxygen atoms in total. The Labute approximate surface area is 129 Å². The average molecular weight is 307 g/mol. The molecule has 5 atom stereocenters. The second kappa shape index (κ2) is 5.06. The minimum atomic E-state index is -0.641. The van der Waals surface area contributed by atoms with E-state index in [1.165, 1.54) is 0 Å². The summed E-state index contributed by atoms with van der Waals surface area (Å²) in [4.78, 5) is 26.9.